The number of aliphatic hydroxyl groups is 1. The molecule has 23 heavy (non-hydrogen) atoms. The zero-order valence-corrected chi connectivity index (χ0v) is 14.8. The molecule has 1 fully saturated rings. The summed E-state index contributed by atoms with van der Waals surface area (Å²) in [4.78, 5) is 14.4. The van der Waals surface area contributed by atoms with Crippen molar-refractivity contribution in [2.45, 2.75) is 45.8 Å². The van der Waals surface area contributed by atoms with Crippen molar-refractivity contribution < 1.29 is 14.6 Å². The van der Waals surface area contributed by atoms with E-state index in [2.05, 4.69) is 0 Å². The van der Waals surface area contributed by atoms with Gasteiger partial charge in [-0.3, -0.25) is 9.69 Å². The molecule has 1 aromatic carbocycles. The molecule has 1 saturated heterocycles. The Morgan fingerprint density at radius 2 is 2.04 bits per heavy atom. The van der Waals surface area contributed by atoms with Crippen LogP contribution in [0.5, 0.6) is 0 Å². The molecular formula is C18H25NO3S. The topological polar surface area (TPSA) is 49.8 Å². The van der Waals surface area contributed by atoms with Gasteiger partial charge < -0.3 is 9.84 Å². The molecule has 1 aromatic rings. The average molecular weight is 335 g/mol. The van der Waals surface area contributed by atoms with Gasteiger partial charge in [-0.05, 0) is 30.1 Å². The summed E-state index contributed by atoms with van der Waals surface area (Å²) in [5.41, 5.74) is 1.14. The van der Waals surface area contributed by atoms with Gasteiger partial charge in [-0.1, -0.05) is 57.5 Å². The minimum Gasteiger partial charge on any atom is -0.468 e. The normalized spacial score (nSPS) is 21.7. The molecule has 1 N–H and O–H groups in total. The smallest absolute Gasteiger partial charge is 0.266 e. The molecule has 0 bridgehead atoms. The second kappa shape index (κ2) is 7.88. The van der Waals surface area contributed by atoms with Crippen molar-refractivity contribution in [2.75, 3.05) is 6.61 Å². The molecule has 0 spiro atoms. The van der Waals surface area contributed by atoms with Gasteiger partial charge in [0.1, 0.15) is 6.61 Å². The summed E-state index contributed by atoms with van der Waals surface area (Å²) in [6.45, 7) is 6.13. The van der Waals surface area contributed by atoms with E-state index in [1.165, 1.54) is 0 Å². The van der Waals surface area contributed by atoms with E-state index >= 15 is 0 Å². The SMILES string of the molecule is CC[C@H](C)[C@@H](O)[C@H](C)C(=O)N1C(=S)OC[C@@H]1Cc1ccccc1. The predicted molar refractivity (Wildman–Crippen MR) is 94.0 cm³/mol. The number of rotatable bonds is 6. The lowest BCUT2D eigenvalue weighted by molar-refractivity contribution is -0.136. The Morgan fingerprint density at radius 1 is 1.39 bits per heavy atom. The van der Waals surface area contributed by atoms with Crippen LogP contribution in [0.15, 0.2) is 30.3 Å². The highest BCUT2D eigenvalue weighted by Gasteiger charge is 2.39. The lowest BCUT2D eigenvalue weighted by Crippen LogP contribution is -2.46. The number of hydrogen-bond acceptors (Lipinski definition) is 4. The van der Waals surface area contributed by atoms with Crippen LogP contribution in [0.25, 0.3) is 0 Å². The van der Waals surface area contributed by atoms with Gasteiger partial charge in [0.15, 0.2) is 0 Å². The maximum atomic E-state index is 12.8. The molecule has 1 heterocycles. The maximum absolute atomic E-state index is 12.8. The number of ether oxygens (including phenoxy) is 1. The van der Waals surface area contributed by atoms with Gasteiger partial charge in [0.05, 0.1) is 18.1 Å². The van der Waals surface area contributed by atoms with E-state index in [1.807, 2.05) is 44.2 Å². The molecule has 5 heteroatoms. The summed E-state index contributed by atoms with van der Waals surface area (Å²) in [5, 5.41) is 10.6. The molecule has 0 saturated carbocycles. The Hall–Kier alpha value is -1.46. The van der Waals surface area contributed by atoms with Gasteiger partial charge in [0.2, 0.25) is 5.91 Å². The van der Waals surface area contributed by atoms with Crippen LogP contribution in [0.3, 0.4) is 0 Å². The molecule has 0 aliphatic carbocycles. The molecule has 1 amide bonds. The van der Waals surface area contributed by atoms with Crippen LogP contribution in [-0.4, -0.2) is 39.8 Å². The van der Waals surface area contributed by atoms with Gasteiger partial charge in [-0.2, -0.15) is 0 Å². The third kappa shape index (κ3) is 4.09. The Balaban J connectivity index is 2.11. The third-order valence-corrected chi connectivity index (χ3v) is 4.96. The first kappa shape index (κ1) is 17.9. The standard InChI is InChI=1S/C18H25NO3S/c1-4-12(2)16(20)13(3)17(21)19-15(11-22-18(19)23)10-14-8-6-5-7-9-14/h5-9,12-13,15-16,20H,4,10-11H2,1-3H3/t12-,13-,15-,16+/m0/s1. The van der Waals surface area contributed by atoms with Crippen molar-refractivity contribution in [3.05, 3.63) is 35.9 Å². The number of carbonyl (C=O) groups is 1. The van der Waals surface area contributed by atoms with Crippen molar-refractivity contribution in [2.24, 2.45) is 11.8 Å². The van der Waals surface area contributed by atoms with E-state index in [9.17, 15) is 9.90 Å². The first-order valence-corrected chi connectivity index (χ1v) is 8.58. The number of nitrogens with zero attached hydrogens (tertiary/aromatic N) is 1. The number of aliphatic hydroxyl groups excluding tert-OH is 1. The highest BCUT2D eigenvalue weighted by molar-refractivity contribution is 7.80. The van der Waals surface area contributed by atoms with Crippen LogP contribution < -0.4 is 0 Å². The largest absolute Gasteiger partial charge is 0.468 e. The van der Waals surface area contributed by atoms with Crippen LogP contribution in [-0.2, 0) is 16.0 Å². The number of carbonyl (C=O) groups excluding carboxylic acids is 1. The van der Waals surface area contributed by atoms with E-state index in [4.69, 9.17) is 17.0 Å². The zero-order chi connectivity index (χ0) is 17.0. The van der Waals surface area contributed by atoms with E-state index in [1.54, 1.807) is 11.8 Å². The zero-order valence-electron chi connectivity index (χ0n) is 13.9. The highest BCUT2D eigenvalue weighted by atomic mass is 32.1. The van der Waals surface area contributed by atoms with E-state index in [-0.39, 0.29) is 23.0 Å². The number of benzene rings is 1. The third-order valence-electron chi connectivity index (χ3n) is 4.64. The van der Waals surface area contributed by atoms with Crippen LogP contribution in [0.1, 0.15) is 32.8 Å². The minimum atomic E-state index is -0.673. The van der Waals surface area contributed by atoms with E-state index in [0.29, 0.717) is 13.0 Å². The average Bonchev–Trinajstić information content (AvgIpc) is 2.93. The molecule has 4 nitrogen and oxygen atoms in total. The Bertz CT molecular complexity index is 548. The monoisotopic (exact) mass is 335 g/mol. The fraction of sp³-hybridized carbons (Fsp3) is 0.556. The predicted octanol–water partition coefficient (Wildman–Crippen LogP) is 2.78. The Labute approximate surface area is 143 Å². The van der Waals surface area contributed by atoms with E-state index < -0.39 is 12.0 Å². The molecule has 1 aliphatic rings. The van der Waals surface area contributed by atoms with Crippen molar-refractivity contribution in [1.29, 1.82) is 0 Å². The molecule has 0 aromatic heterocycles. The minimum absolute atomic E-state index is 0.0682. The summed E-state index contributed by atoms with van der Waals surface area (Å²) in [6, 6.07) is 9.87. The van der Waals surface area contributed by atoms with Crippen molar-refractivity contribution in [1.82, 2.24) is 4.90 Å². The fourth-order valence-corrected chi connectivity index (χ4v) is 3.17. The second-order valence-electron chi connectivity index (χ2n) is 6.29. The van der Waals surface area contributed by atoms with E-state index in [0.717, 1.165) is 12.0 Å². The van der Waals surface area contributed by atoms with Gasteiger partial charge in [-0.15, -0.1) is 0 Å². The van der Waals surface area contributed by atoms with Gasteiger partial charge in [-0.25, -0.2) is 0 Å². The molecular weight excluding hydrogens is 310 g/mol. The molecule has 2 rings (SSSR count). The van der Waals surface area contributed by atoms with Gasteiger partial charge in [0.25, 0.3) is 5.17 Å². The molecule has 4 atom stereocenters. The fourth-order valence-electron chi connectivity index (χ4n) is 2.87. The van der Waals surface area contributed by atoms with Crippen LogP contribution >= 0.6 is 12.2 Å². The summed E-state index contributed by atoms with van der Waals surface area (Å²) in [5.74, 6) is -0.581. The lowest BCUT2D eigenvalue weighted by atomic mass is 9.90. The number of amides is 1. The van der Waals surface area contributed by atoms with Crippen LogP contribution in [0.2, 0.25) is 0 Å². The Kier molecular flexibility index (Phi) is 6.13. The summed E-state index contributed by atoms with van der Waals surface area (Å²) >= 11 is 5.21. The molecule has 0 unspecified atom stereocenters. The van der Waals surface area contributed by atoms with Gasteiger partial charge in [0, 0.05) is 0 Å². The van der Waals surface area contributed by atoms with Gasteiger partial charge >= 0.3 is 0 Å². The molecule has 0 radical (unpaired) electrons. The Morgan fingerprint density at radius 3 is 2.65 bits per heavy atom. The summed E-state index contributed by atoms with van der Waals surface area (Å²) in [7, 11) is 0. The quantitative estimate of drug-likeness (QED) is 0.812. The van der Waals surface area contributed by atoms with Crippen LogP contribution in [0.4, 0.5) is 0 Å². The molecule has 1 aliphatic heterocycles. The summed E-state index contributed by atoms with van der Waals surface area (Å²) < 4.78 is 5.44. The van der Waals surface area contributed by atoms with Crippen molar-refractivity contribution in [3.63, 3.8) is 0 Å². The van der Waals surface area contributed by atoms with Crippen molar-refractivity contribution in [3.8, 4) is 0 Å². The maximum Gasteiger partial charge on any atom is 0.266 e. The van der Waals surface area contributed by atoms with Crippen molar-refractivity contribution >= 4 is 23.3 Å². The first-order valence-electron chi connectivity index (χ1n) is 8.17. The number of thiocarbonyl (C=S) groups is 1. The van der Waals surface area contributed by atoms with Crippen LogP contribution in [0, 0.1) is 11.8 Å². The lowest BCUT2D eigenvalue weighted by Gasteiger charge is -2.29. The molecule has 126 valence electrons. The first-order chi connectivity index (χ1) is 11.0. The highest BCUT2D eigenvalue weighted by Crippen LogP contribution is 2.24. The summed E-state index contributed by atoms with van der Waals surface area (Å²) in [6.07, 6.45) is 0.847. The second-order valence-corrected chi connectivity index (χ2v) is 6.64. The number of hydrogen-bond donors (Lipinski definition) is 1.